The van der Waals surface area contributed by atoms with Gasteiger partial charge in [0.05, 0.1) is 4.88 Å². The van der Waals surface area contributed by atoms with Crippen LogP contribution in [-0.4, -0.2) is 60.1 Å². The standard InChI is InChI=1S/C22H29N3O2S/c1-14-11-20(28-21(14)22(27)25-10-7-17(23)13-25)16-3-4-18(19(26)12-16)15-5-8-24(2)9-6-15/h3-4,11-12,15,17,26H,5-10,13,23H2,1-2H3/t17-/m0/s1. The number of phenols is 1. The van der Waals surface area contributed by atoms with Crippen LogP contribution in [0.3, 0.4) is 0 Å². The van der Waals surface area contributed by atoms with Crippen LogP contribution in [0.5, 0.6) is 5.75 Å². The lowest BCUT2D eigenvalue weighted by molar-refractivity contribution is 0.0795. The maximum atomic E-state index is 12.8. The summed E-state index contributed by atoms with van der Waals surface area (Å²) in [6.45, 7) is 5.50. The second kappa shape index (κ2) is 7.85. The fourth-order valence-electron chi connectivity index (χ4n) is 4.31. The number of rotatable bonds is 3. The van der Waals surface area contributed by atoms with Crippen LogP contribution in [-0.2, 0) is 0 Å². The summed E-state index contributed by atoms with van der Waals surface area (Å²) in [7, 11) is 2.15. The van der Waals surface area contributed by atoms with Crippen molar-refractivity contribution in [2.75, 3.05) is 33.2 Å². The van der Waals surface area contributed by atoms with Crippen LogP contribution in [0.1, 0.15) is 46.0 Å². The molecule has 2 aliphatic heterocycles. The average Bonchev–Trinajstić information content (AvgIpc) is 3.28. The molecule has 0 bridgehead atoms. The van der Waals surface area contributed by atoms with Gasteiger partial charge in [0, 0.05) is 24.0 Å². The molecule has 1 amide bonds. The van der Waals surface area contributed by atoms with Gasteiger partial charge in [0.2, 0.25) is 0 Å². The number of aromatic hydroxyl groups is 1. The highest BCUT2D eigenvalue weighted by atomic mass is 32.1. The van der Waals surface area contributed by atoms with Gasteiger partial charge in [-0.2, -0.15) is 0 Å². The van der Waals surface area contributed by atoms with Crippen LogP contribution < -0.4 is 5.73 Å². The maximum absolute atomic E-state index is 12.8. The number of phenolic OH excluding ortho intramolecular Hbond substituents is 1. The van der Waals surface area contributed by atoms with Crippen LogP contribution in [0, 0.1) is 6.92 Å². The Bertz CT molecular complexity index is 871. The first kappa shape index (κ1) is 19.4. The molecule has 5 nitrogen and oxygen atoms in total. The molecular weight excluding hydrogens is 370 g/mol. The van der Waals surface area contributed by atoms with Gasteiger partial charge < -0.3 is 20.6 Å². The van der Waals surface area contributed by atoms with Crippen molar-refractivity contribution in [1.82, 2.24) is 9.80 Å². The number of carbonyl (C=O) groups is 1. The Morgan fingerprint density at radius 2 is 1.93 bits per heavy atom. The van der Waals surface area contributed by atoms with Crippen molar-refractivity contribution in [2.24, 2.45) is 5.73 Å². The number of benzene rings is 1. The van der Waals surface area contributed by atoms with E-state index in [0.29, 0.717) is 18.2 Å². The number of nitrogens with zero attached hydrogens (tertiary/aromatic N) is 2. The molecule has 0 unspecified atom stereocenters. The predicted octanol–water partition coefficient (Wildman–Crippen LogP) is 3.41. The highest BCUT2D eigenvalue weighted by molar-refractivity contribution is 7.17. The van der Waals surface area contributed by atoms with Gasteiger partial charge in [-0.15, -0.1) is 11.3 Å². The molecule has 4 rings (SSSR count). The third-order valence-corrected chi connectivity index (χ3v) is 7.37. The minimum absolute atomic E-state index is 0.0777. The minimum Gasteiger partial charge on any atom is -0.508 e. The Kier molecular flexibility index (Phi) is 5.45. The van der Waals surface area contributed by atoms with Crippen molar-refractivity contribution in [3.05, 3.63) is 40.3 Å². The van der Waals surface area contributed by atoms with Crippen LogP contribution >= 0.6 is 11.3 Å². The third kappa shape index (κ3) is 3.81. The summed E-state index contributed by atoms with van der Waals surface area (Å²) in [6.07, 6.45) is 3.03. The normalized spacial score (nSPS) is 21.4. The van der Waals surface area contributed by atoms with Crippen molar-refractivity contribution in [3.63, 3.8) is 0 Å². The molecule has 2 aromatic rings. The van der Waals surface area contributed by atoms with E-state index in [9.17, 15) is 9.90 Å². The molecule has 150 valence electrons. The van der Waals surface area contributed by atoms with Gasteiger partial charge in [-0.1, -0.05) is 12.1 Å². The van der Waals surface area contributed by atoms with Crippen LogP contribution in [0.2, 0.25) is 0 Å². The predicted molar refractivity (Wildman–Crippen MR) is 114 cm³/mol. The molecule has 0 spiro atoms. The van der Waals surface area contributed by atoms with E-state index in [0.717, 1.165) is 65.3 Å². The number of amides is 1. The highest BCUT2D eigenvalue weighted by Gasteiger charge is 2.27. The smallest absolute Gasteiger partial charge is 0.264 e. The molecule has 0 radical (unpaired) electrons. The van der Waals surface area contributed by atoms with E-state index in [1.807, 2.05) is 17.9 Å². The zero-order chi connectivity index (χ0) is 19.8. The first-order chi connectivity index (χ1) is 13.4. The van der Waals surface area contributed by atoms with E-state index in [1.54, 1.807) is 0 Å². The molecule has 0 aliphatic carbocycles. The zero-order valence-electron chi connectivity index (χ0n) is 16.6. The van der Waals surface area contributed by atoms with Crippen LogP contribution in [0.15, 0.2) is 24.3 Å². The number of likely N-dealkylation sites (tertiary alicyclic amines) is 2. The van der Waals surface area contributed by atoms with Crippen molar-refractivity contribution in [3.8, 4) is 16.2 Å². The Labute approximate surface area is 170 Å². The van der Waals surface area contributed by atoms with E-state index >= 15 is 0 Å². The maximum Gasteiger partial charge on any atom is 0.264 e. The SMILES string of the molecule is Cc1cc(-c2ccc(C3CCN(C)CC3)c(O)c2)sc1C(=O)N1CC[C@H](N)C1. The number of nitrogens with two attached hydrogens (primary N) is 1. The topological polar surface area (TPSA) is 69.8 Å². The number of carbonyl (C=O) groups excluding carboxylic acids is 1. The lowest BCUT2D eigenvalue weighted by Crippen LogP contribution is -2.31. The summed E-state index contributed by atoms with van der Waals surface area (Å²) in [5.74, 6) is 0.872. The first-order valence-electron chi connectivity index (χ1n) is 10.1. The summed E-state index contributed by atoms with van der Waals surface area (Å²) in [4.78, 5) is 18.8. The van der Waals surface area contributed by atoms with Crippen molar-refractivity contribution >= 4 is 17.2 Å². The molecule has 0 saturated carbocycles. The molecule has 28 heavy (non-hydrogen) atoms. The molecule has 2 aliphatic rings. The second-order valence-electron chi connectivity index (χ2n) is 8.27. The van der Waals surface area contributed by atoms with Gasteiger partial charge in [0.15, 0.2) is 0 Å². The lowest BCUT2D eigenvalue weighted by Gasteiger charge is -2.29. The van der Waals surface area contributed by atoms with E-state index in [-0.39, 0.29) is 11.9 Å². The fraction of sp³-hybridized carbons (Fsp3) is 0.500. The van der Waals surface area contributed by atoms with E-state index in [1.165, 1.54) is 11.3 Å². The molecular formula is C22H29N3O2S. The molecule has 2 fully saturated rings. The molecule has 6 heteroatoms. The molecule has 1 atom stereocenters. The quantitative estimate of drug-likeness (QED) is 0.830. The molecule has 1 aromatic heterocycles. The number of aryl methyl sites for hydroxylation is 1. The molecule has 3 heterocycles. The van der Waals surface area contributed by atoms with Gasteiger partial charge in [-0.25, -0.2) is 0 Å². The van der Waals surface area contributed by atoms with Crippen molar-refractivity contribution in [1.29, 1.82) is 0 Å². The second-order valence-corrected chi connectivity index (χ2v) is 9.33. The number of hydrogen-bond acceptors (Lipinski definition) is 5. The number of hydrogen-bond donors (Lipinski definition) is 2. The van der Waals surface area contributed by atoms with Crippen molar-refractivity contribution in [2.45, 2.75) is 38.1 Å². The van der Waals surface area contributed by atoms with Gasteiger partial charge in [-0.05, 0) is 81.1 Å². The highest BCUT2D eigenvalue weighted by Crippen LogP contribution is 2.38. The van der Waals surface area contributed by atoms with Gasteiger partial charge >= 0.3 is 0 Å². The summed E-state index contributed by atoms with van der Waals surface area (Å²) in [5.41, 5.74) is 8.96. The van der Waals surface area contributed by atoms with Crippen molar-refractivity contribution < 1.29 is 9.90 Å². The Morgan fingerprint density at radius 3 is 2.57 bits per heavy atom. The Morgan fingerprint density at radius 1 is 1.18 bits per heavy atom. The Hall–Kier alpha value is -1.89. The summed E-state index contributed by atoms with van der Waals surface area (Å²) >= 11 is 1.51. The molecule has 2 saturated heterocycles. The van der Waals surface area contributed by atoms with Crippen LogP contribution in [0.4, 0.5) is 0 Å². The van der Waals surface area contributed by atoms with E-state index in [4.69, 9.17) is 5.73 Å². The Balaban J connectivity index is 1.55. The summed E-state index contributed by atoms with van der Waals surface area (Å²) in [6, 6.07) is 8.15. The molecule has 1 aromatic carbocycles. The van der Waals surface area contributed by atoms with Gasteiger partial charge in [0.1, 0.15) is 5.75 Å². The van der Waals surface area contributed by atoms with E-state index in [2.05, 4.69) is 30.1 Å². The third-order valence-electron chi connectivity index (χ3n) is 6.10. The zero-order valence-corrected chi connectivity index (χ0v) is 17.5. The summed E-state index contributed by atoms with van der Waals surface area (Å²) < 4.78 is 0. The monoisotopic (exact) mass is 399 g/mol. The number of thiophene rings is 1. The van der Waals surface area contributed by atoms with Gasteiger partial charge in [-0.3, -0.25) is 4.79 Å². The average molecular weight is 400 g/mol. The minimum atomic E-state index is 0.0777. The number of piperidine rings is 1. The van der Waals surface area contributed by atoms with Crippen LogP contribution in [0.25, 0.3) is 10.4 Å². The molecule has 3 N–H and O–H groups in total. The fourth-order valence-corrected chi connectivity index (χ4v) is 5.45. The lowest BCUT2D eigenvalue weighted by atomic mass is 9.88. The first-order valence-corrected chi connectivity index (χ1v) is 10.9. The van der Waals surface area contributed by atoms with Gasteiger partial charge in [0.25, 0.3) is 5.91 Å². The largest absolute Gasteiger partial charge is 0.508 e. The van der Waals surface area contributed by atoms with E-state index < -0.39 is 0 Å². The summed E-state index contributed by atoms with van der Waals surface area (Å²) in [5, 5.41) is 10.7.